The van der Waals surface area contributed by atoms with Crippen molar-refractivity contribution in [3.05, 3.63) is 64.1 Å². The zero-order chi connectivity index (χ0) is 21.1. The second-order valence-electron chi connectivity index (χ2n) is 7.43. The van der Waals surface area contributed by atoms with Gasteiger partial charge in [0.15, 0.2) is 0 Å². The second-order valence-corrected chi connectivity index (χ2v) is 8.34. The van der Waals surface area contributed by atoms with Crippen molar-refractivity contribution in [2.24, 2.45) is 0 Å². The molecule has 7 heteroatoms. The molecule has 0 saturated carbocycles. The molecule has 4 rings (SSSR count). The fourth-order valence-corrected chi connectivity index (χ4v) is 4.02. The van der Waals surface area contributed by atoms with Crippen molar-refractivity contribution < 1.29 is 14.4 Å². The molecule has 6 nitrogen and oxygen atoms in total. The first-order chi connectivity index (χ1) is 14.5. The summed E-state index contributed by atoms with van der Waals surface area (Å²) in [5.74, 6) is -1.32. The van der Waals surface area contributed by atoms with Crippen molar-refractivity contribution in [1.82, 2.24) is 5.32 Å². The molecule has 0 radical (unpaired) electrons. The molecule has 2 fully saturated rings. The second kappa shape index (κ2) is 8.83. The van der Waals surface area contributed by atoms with Crippen LogP contribution >= 0.6 is 15.9 Å². The number of benzene rings is 2. The molecule has 0 unspecified atom stereocenters. The van der Waals surface area contributed by atoms with Crippen LogP contribution in [0.15, 0.2) is 58.6 Å². The van der Waals surface area contributed by atoms with E-state index in [0.717, 1.165) is 33.7 Å². The number of nitrogens with one attached hydrogen (secondary N) is 1. The lowest BCUT2D eigenvalue weighted by Crippen LogP contribution is -2.54. The molecule has 0 aromatic heterocycles. The Bertz CT molecular complexity index is 991. The van der Waals surface area contributed by atoms with Crippen LogP contribution in [0.3, 0.4) is 0 Å². The van der Waals surface area contributed by atoms with Crippen LogP contribution in [0.1, 0.15) is 31.2 Å². The minimum atomic E-state index is -0.749. The van der Waals surface area contributed by atoms with Crippen LogP contribution in [0, 0.1) is 0 Å². The van der Waals surface area contributed by atoms with E-state index in [4.69, 9.17) is 0 Å². The summed E-state index contributed by atoms with van der Waals surface area (Å²) >= 11 is 3.33. The molecule has 2 aromatic rings. The first-order valence-corrected chi connectivity index (χ1v) is 10.8. The lowest BCUT2D eigenvalue weighted by molar-refractivity contribution is -0.122. The molecule has 4 amide bonds. The number of hydrogen-bond donors (Lipinski definition) is 1. The number of hydrogen-bond acceptors (Lipinski definition) is 4. The number of carbonyl (C=O) groups is 3. The zero-order valence-corrected chi connectivity index (χ0v) is 18.0. The molecule has 2 aromatic carbocycles. The third kappa shape index (κ3) is 4.31. The van der Waals surface area contributed by atoms with E-state index in [1.54, 1.807) is 24.3 Å². The van der Waals surface area contributed by atoms with Crippen molar-refractivity contribution in [2.75, 3.05) is 22.9 Å². The molecular weight excluding hydrogens is 446 g/mol. The Morgan fingerprint density at radius 2 is 1.40 bits per heavy atom. The molecule has 0 atom stereocenters. The minimum absolute atomic E-state index is 0.0694. The van der Waals surface area contributed by atoms with Gasteiger partial charge in [0.25, 0.3) is 11.8 Å². The van der Waals surface area contributed by atoms with Gasteiger partial charge in [0.05, 0.1) is 5.69 Å². The molecule has 2 aliphatic rings. The molecule has 2 saturated heterocycles. The molecule has 154 valence electrons. The van der Waals surface area contributed by atoms with Crippen LogP contribution in [0.25, 0.3) is 6.08 Å². The summed E-state index contributed by atoms with van der Waals surface area (Å²) in [6, 6.07) is 13.8. The van der Waals surface area contributed by atoms with Gasteiger partial charge >= 0.3 is 6.03 Å². The molecule has 30 heavy (non-hydrogen) atoms. The zero-order valence-electron chi connectivity index (χ0n) is 16.4. The topological polar surface area (TPSA) is 69.7 Å². The van der Waals surface area contributed by atoms with Crippen molar-refractivity contribution in [3.63, 3.8) is 0 Å². The van der Waals surface area contributed by atoms with Crippen LogP contribution in [0.5, 0.6) is 0 Å². The first kappa shape index (κ1) is 20.3. The number of nitrogens with zero attached hydrogens (tertiary/aromatic N) is 2. The predicted molar refractivity (Wildman–Crippen MR) is 120 cm³/mol. The number of halogens is 1. The Hall–Kier alpha value is -2.93. The molecule has 0 aliphatic carbocycles. The first-order valence-electron chi connectivity index (χ1n) is 10.0. The number of imide groups is 2. The average molecular weight is 468 g/mol. The smallest absolute Gasteiger partial charge is 0.335 e. The van der Waals surface area contributed by atoms with Crippen LogP contribution in [0.4, 0.5) is 16.2 Å². The SMILES string of the molecule is O=C1NC(=O)N(c2ccc(Br)cc2)C(=O)/C1=C\c1ccc(N2CCCCCC2)cc1. The molecule has 2 heterocycles. The highest BCUT2D eigenvalue weighted by atomic mass is 79.9. The maximum absolute atomic E-state index is 12.9. The normalized spacial score (nSPS) is 19.1. The maximum Gasteiger partial charge on any atom is 0.335 e. The van der Waals surface area contributed by atoms with Gasteiger partial charge in [0.1, 0.15) is 5.57 Å². The fourth-order valence-electron chi connectivity index (χ4n) is 3.76. The van der Waals surface area contributed by atoms with Crippen LogP contribution in [-0.2, 0) is 9.59 Å². The van der Waals surface area contributed by atoms with E-state index in [9.17, 15) is 14.4 Å². The van der Waals surface area contributed by atoms with Crippen molar-refractivity contribution in [2.45, 2.75) is 25.7 Å². The molecule has 0 spiro atoms. The van der Waals surface area contributed by atoms with Crippen molar-refractivity contribution in [3.8, 4) is 0 Å². The Morgan fingerprint density at radius 1 is 0.800 bits per heavy atom. The quantitative estimate of drug-likeness (QED) is 0.532. The molecule has 2 aliphatic heterocycles. The van der Waals surface area contributed by atoms with E-state index in [1.807, 2.05) is 24.3 Å². The third-order valence-electron chi connectivity index (χ3n) is 5.36. The Morgan fingerprint density at radius 3 is 2.03 bits per heavy atom. The highest BCUT2D eigenvalue weighted by Crippen LogP contribution is 2.25. The van der Waals surface area contributed by atoms with Crippen LogP contribution in [0.2, 0.25) is 0 Å². The number of rotatable bonds is 3. The van der Waals surface area contributed by atoms with E-state index in [-0.39, 0.29) is 5.57 Å². The Labute approximate surface area is 183 Å². The van der Waals surface area contributed by atoms with Gasteiger partial charge < -0.3 is 4.90 Å². The van der Waals surface area contributed by atoms with Crippen molar-refractivity contribution in [1.29, 1.82) is 0 Å². The lowest BCUT2D eigenvalue weighted by atomic mass is 10.1. The van der Waals surface area contributed by atoms with Gasteiger partial charge in [-0.15, -0.1) is 0 Å². The Balaban J connectivity index is 1.58. The number of amides is 4. The third-order valence-corrected chi connectivity index (χ3v) is 5.89. The maximum atomic E-state index is 12.9. The van der Waals surface area contributed by atoms with Gasteiger partial charge in [0.2, 0.25) is 0 Å². The number of anilines is 2. The fraction of sp³-hybridized carbons (Fsp3) is 0.261. The lowest BCUT2D eigenvalue weighted by Gasteiger charge is -2.26. The van der Waals surface area contributed by atoms with E-state index >= 15 is 0 Å². The van der Waals surface area contributed by atoms with Crippen molar-refractivity contribution >= 4 is 51.2 Å². The van der Waals surface area contributed by atoms with E-state index in [0.29, 0.717) is 5.69 Å². The Kier molecular flexibility index (Phi) is 5.99. The van der Waals surface area contributed by atoms with Gasteiger partial charge in [-0.05, 0) is 60.9 Å². The van der Waals surface area contributed by atoms with Crippen LogP contribution in [-0.4, -0.2) is 30.9 Å². The van der Waals surface area contributed by atoms with E-state index in [1.165, 1.54) is 31.8 Å². The summed E-state index contributed by atoms with van der Waals surface area (Å²) in [6.07, 6.45) is 6.46. The number of barbiturate groups is 1. The predicted octanol–water partition coefficient (Wildman–Crippen LogP) is 4.50. The largest absolute Gasteiger partial charge is 0.372 e. The van der Waals surface area contributed by atoms with Gasteiger partial charge in [-0.1, -0.05) is 40.9 Å². The van der Waals surface area contributed by atoms with Crippen LogP contribution < -0.4 is 15.1 Å². The molecular formula is C23H22BrN3O3. The number of urea groups is 1. The average Bonchev–Trinajstić information content (AvgIpc) is 3.02. The highest BCUT2D eigenvalue weighted by Gasteiger charge is 2.36. The molecule has 1 N–H and O–H groups in total. The summed E-state index contributed by atoms with van der Waals surface area (Å²) in [4.78, 5) is 40.9. The summed E-state index contributed by atoms with van der Waals surface area (Å²) in [6.45, 7) is 2.09. The van der Waals surface area contributed by atoms with Gasteiger partial charge in [-0.3, -0.25) is 14.9 Å². The standard InChI is InChI=1S/C23H22BrN3O3/c24-17-7-11-19(12-8-17)27-22(29)20(21(28)25-23(27)30)15-16-5-9-18(10-6-16)26-13-3-1-2-4-14-26/h5-12,15H,1-4,13-14H2,(H,25,28,30)/b20-15-. The highest BCUT2D eigenvalue weighted by molar-refractivity contribution is 9.10. The summed E-state index contributed by atoms with van der Waals surface area (Å²) < 4.78 is 0.826. The minimum Gasteiger partial charge on any atom is -0.372 e. The summed E-state index contributed by atoms with van der Waals surface area (Å²) in [5.41, 5.74) is 2.21. The number of carbonyl (C=O) groups excluding carboxylic acids is 3. The van der Waals surface area contributed by atoms with Gasteiger partial charge in [-0.25, -0.2) is 9.69 Å². The summed E-state index contributed by atoms with van der Waals surface area (Å²) in [7, 11) is 0. The summed E-state index contributed by atoms with van der Waals surface area (Å²) in [5, 5.41) is 2.25. The molecule has 0 bridgehead atoms. The monoisotopic (exact) mass is 467 g/mol. The van der Waals surface area contributed by atoms with E-state index in [2.05, 4.69) is 26.1 Å². The van der Waals surface area contributed by atoms with Gasteiger partial charge in [0, 0.05) is 23.2 Å². The van der Waals surface area contributed by atoms with E-state index < -0.39 is 17.8 Å². The van der Waals surface area contributed by atoms with Gasteiger partial charge in [-0.2, -0.15) is 0 Å².